The number of carbonyl (C=O) groups is 1. The monoisotopic (exact) mass is 422 g/mol. The molecule has 28 heavy (non-hydrogen) atoms. The Bertz CT molecular complexity index is 899. The van der Waals surface area contributed by atoms with Gasteiger partial charge in [0.05, 0.1) is 17.7 Å². The number of nitrogens with zero attached hydrogens (tertiary/aromatic N) is 1. The second-order valence-corrected chi connectivity index (χ2v) is 9.83. The van der Waals surface area contributed by atoms with Crippen molar-refractivity contribution in [3.63, 3.8) is 0 Å². The summed E-state index contributed by atoms with van der Waals surface area (Å²) in [6.45, 7) is 0. The molecule has 1 aromatic heterocycles. The lowest BCUT2D eigenvalue weighted by Gasteiger charge is -2.21. The van der Waals surface area contributed by atoms with Crippen LogP contribution in [0.25, 0.3) is 0 Å². The molecule has 2 aromatic rings. The molecule has 1 amide bonds. The van der Waals surface area contributed by atoms with Gasteiger partial charge in [-0.3, -0.25) is 9.10 Å². The zero-order valence-corrected chi connectivity index (χ0v) is 17.8. The number of nitrogens with one attached hydrogen (secondary N) is 1. The van der Waals surface area contributed by atoms with Gasteiger partial charge in [-0.25, -0.2) is 8.42 Å². The van der Waals surface area contributed by atoms with Crippen LogP contribution in [0.3, 0.4) is 0 Å². The average Bonchev–Trinajstić information content (AvgIpc) is 3.05. The molecule has 6 nitrogen and oxygen atoms in total. The first-order valence-corrected chi connectivity index (χ1v) is 11.8. The highest BCUT2D eigenvalue weighted by molar-refractivity contribution is 7.92. The van der Waals surface area contributed by atoms with Gasteiger partial charge >= 0.3 is 0 Å². The molecular weight excluding hydrogens is 396 g/mol. The second kappa shape index (κ2) is 8.96. The predicted molar refractivity (Wildman–Crippen MR) is 112 cm³/mol. The summed E-state index contributed by atoms with van der Waals surface area (Å²) < 4.78 is 32.3. The highest BCUT2D eigenvalue weighted by Gasteiger charge is 2.27. The van der Waals surface area contributed by atoms with Crippen molar-refractivity contribution in [3.8, 4) is 5.75 Å². The van der Waals surface area contributed by atoms with Gasteiger partial charge in [-0.05, 0) is 48.6 Å². The van der Waals surface area contributed by atoms with E-state index in [9.17, 15) is 13.2 Å². The van der Waals surface area contributed by atoms with E-state index >= 15 is 0 Å². The first-order chi connectivity index (χ1) is 13.4. The summed E-state index contributed by atoms with van der Waals surface area (Å²) in [7, 11) is -0.773. The van der Waals surface area contributed by atoms with Gasteiger partial charge in [0.2, 0.25) is 0 Å². The van der Waals surface area contributed by atoms with Crippen molar-refractivity contribution in [2.45, 2.75) is 49.5 Å². The minimum absolute atomic E-state index is 0.150. The van der Waals surface area contributed by atoms with Crippen molar-refractivity contribution >= 4 is 33.0 Å². The maximum absolute atomic E-state index is 13.0. The van der Waals surface area contributed by atoms with Crippen LogP contribution in [0.5, 0.6) is 5.75 Å². The average molecular weight is 423 g/mol. The number of carbonyl (C=O) groups excluding carboxylic acids is 1. The molecule has 8 heteroatoms. The smallest absolute Gasteiger partial charge is 0.264 e. The minimum atomic E-state index is -3.78. The van der Waals surface area contributed by atoms with Crippen molar-refractivity contribution < 1.29 is 17.9 Å². The molecule has 152 valence electrons. The van der Waals surface area contributed by atoms with Crippen molar-refractivity contribution in [1.82, 2.24) is 5.32 Å². The molecule has 0 saturated heterocycles. The highest BCUT2D eigenvalue weighted by atomic mass is 32.2. The third-order valence-electron chi connectivity index (χ3n) is 5.10. The highest BCUT2D eigenvalue weighted by Crippen LogP contribution is 2.31. The fourth-order valence-corrected chi connectivity index (χ4v) is 5.52. The molecule has 1 aliphatic rings. The van der Waals surface area contributed by atoms with Crippen LogP contribution in [-0.2, 0) is 10.0 Å². The lowest BCUT2D eigenvalue weighted by Crippen LogP contribution is -2.35. The number of thiophene rings is 1. The summed E-state index contributed by atoms with van der Waals surface area (Å²) in [5, 5.41) is 4.84. The number of benzene rings is 1. The number of hydrogen-bond donors (Lipinski definition) is 1. The maximum atomic E-state index is 13.0. The topological polar surface area (TPSA) is 75.7 Å². The minimum Gasteiger partial charge on any atom is -0.497 e. The largest absolute Gasteiger partial charge is 0.497 e. The summed E-state index contributed by atoms with van der Waals surface area (Å²) in [6, 6.07) is 8.05. The van der Waals surface area contributed by atoms with Crippen LogP contribution in [0.1, 0.15) is 48.2 Å². The molecule has 3 rings (SSSR count). The van der Waals surface area contributed by atoms with Crippen LogP contribution in [0, 0.1) is 0 Å². The molecular formula is C20H26N2O4S2. The molecule has 1 fully saturated rings. The third-order valence-corrected chi connectivity index (χ3v) is 7.79. The summed E-state index contributed by atoms with van der Waals surface area (Å²) in [6.07, 6.45) is 6.61. The third kappa shape index (κ3) is 4.50. The Labute approximate surface area is 170 Å². The molecule has 1 N–H and O–H groups in total. The number of rotatable bonds is 6. The van der Waals surface area contributed by atoms with Crippen molar-refractivity contribution in [3.05, 3.63) is 40.6 Å². The van der Waals surface area contributed by atoms with E-state index in [-0.39, 0.29) is 16.8 Å². The van der Waals surface area contributed by atoms with Crippen molar-refractivity contribution in [2.24, 2.45) is 0 Å². The van der Waals surface area contributed by atoms with Gasteiger partial charge in [0.25, 0.3) is 15.9 Å². The van der Waals surface area contributed by atoms with Crippen LogP contribution >= 0.6 is 11.3 Å². The van der Waals surface area contributed by atoms with E-state index in [1.807, 2.05) is 0 Å². The summed E-state index contributed by atoms with van der Waals surface area (Å²) in [5.41, 5.74) is 0.395. The Morgan fingerprint density at radius 2 is 1.75 bits per heavy atom. The molecule has 0 aliphatic heterocycles. The fourth-order valence-electron chi connectivity index (χ4n) is 3.43. The van der Waals surface area contributed by atoms with E-state index in [2.05, 4.69) is 5.32 Å². The molecule has 0 atom stereocenters. The summed E-state index contributed by atoms with van der Waals surface area (Å²) in [4.78, 5) is 13.4. The zero-order valence-electron chi connectivity index (χ0n) is 16.2. The number of hydrogen-bond acceptors (Lipinski definition) is 5. The van der Waals surface area contributed by atoms with Crippen molar-refractivity contribution in [2.75, 3.05) is 18.5 Å². The zero-order chi connectivity index (χ0) is 20.1. The Morgan fingerprint density at radius 3 is 2.36 bits per heavy atom. The van der Waals surface area contributed by atoms with Crippen LogP contribution in [0.2, 0.25) is 0 Å². The van der Waals surface area contributed by atoms with Gasteiger partial charge < -0.3 is 10.1 Å². The van der Waals surface area contributed by atoms with Crippen LogP contribution in [0.4, 0.5) is 5.69 Å². The summed E-state index contributed by atoms with van der Waals surface area (Å²) in [5.74, 6) is 0.384. The Kier molecular flexibility index (Phi) is 6.61. The van der Waals surface area contributed by atoms with Gasteiger partial charge in [-0.15, -0.1) is 11.3 Å². The van der Waals surface area contributed by atoms with E-state index in [4.69, 9.17) is 4.74 Å². The van der Waals surface area contributed by atoms with E-state index in [1.54, 1.807) is 23.6 Å². The van der Waals surface area contributed by atoms with Gasteiger partial charge in [0.1, 0.15) is 10.6 Å². The Balaban J connectivity index is 1.79. The van der Waals surface area contributed by atoms with E-state index in [1.165, 1.54) is 54.8 Å². The summed E-state index contributed by atoms with van der Waals surface area (Å²) >= 11 is 1.26. The molecule has 1 saturated carbocycles. The Hall–Kier alpha value is -2.06. The molecule has 0 spiro atoms. The normalized spacial score (nSPS) is 15.6. The fraction of sp³-hybridized carbons (Fsp3) is 0.450. The SMILES string of the molecule is COc1ccc(S(=O)(=O)N(C)c2ccsc2C(=O)NC2CCCCCC2)cc1. The lowest BCUT2D eigenvalue weighted by atomic mass is 10.1. The number of amides is 1. The van der Waals surface area contributed by atoms with E-state index < -0.39 is 10.0 Å². The molecule has 1 aliphatic carbocycles. The van der Waals surface area contributed by atoms with Crippen LogP contribution in [-0.4, -0.2) is 34.5 Å². The molecule has 0 unspecified atom stereocenters. The van der Waals surface area contributed by atoms with Gasteiger partial charge in [0.15, 0.2) is 0 Å². The lowest BCUT2D eigenvalue weighted by molar-refractivity contribution is 0.0938. The number of ether oxygens (including phenoxy) is 1. The molecule has 0 radical (unpaired) electrons. The standard InChI is InChI=1S/C20H26N2O4S2/c1-22(28(24,25)17-11-9-16(26-2)10-12-17)18-13-14-27-19(18)20(23)21-15-7-5-3-4-6-8-15/h9-15H,3-8H2,1-2H3,(H,21,23). The molecule has 0 bridgehead atoms. The predicted octanol–water partition coefficient (Wildman–Crippen LogP) is 4.03. The van der Waals surface area contributed by atoms with Gasteiger partial charge in [0, 0.05) is 13.1 Å². The number of methoxy groups -OCH3 is 1. The van der Waals surface area contributed by atoms with Gasteiger partial charge in [-0.2, -0.15) is 0 Å². The number of anilines is 1. The first kappa shape index (κ1) is 20.7. The molecule has 1 aromatic carbocycles. The van der Waals surface area contributed by atoms with Gasteiger partial charge in [-0.1, -0.05) is 25.7 Å². The van der Waals surface area contributed by atoms with Crippen LogP contribution in [0.15, 0.2) is 40.6 Å². The quantitative estimate of drug-likeness (QED) is 0.713. The van der Waals surface area contributed by atoms with Crippen molar-refractivity contribution in [1.29, 1.82) is 0 Å². The second-order valence-electron chi connectivity index (χ2n) is 6.94. The van der Waals surface area contributed by atoms with Crippen LogP contribution < -0.4 is 14.4 Å². The molecule has 1 heterocycles. The number of sulfonamides is 1. The first-order valence-electron chi connectivity index (χ1n) is 9.45. The maximum Gasteiger partial charge on any atom is 0.264 e. The van der Waals surface area contributed by atoms with E-state index in [0.29, 0.717) is 16.3 Å². The Morgan fingerprint density at radius 1 is 1.11 bits per heavy atom. The van der Waals surface area contributed by atoms with E-state index in [0.717, 1.165) is 25.7 Å².